The smallest absolute Gasteiger partial charge is 0.340 e. The average molecular weight is 661 g/mol. The summed E-state index contributed by atoms with van der Waals surface area (Å²) in [5, 5.41) is 33.4. The summed E-state index contributed by atoms with van der Waals surface area (Å²) in [6, 6.07) is 21.4. The van der Waals surface area contributed by atoms with Crippen molar-refractivity contribution in [2.75, 3.05) is 19.8 Å². The van der Waals surface area contributed by atoms with Gasteiger partial charge >= 0.3 is 5.97 Å². The standard InChI is InChI=1S/C31H32N8O9/c1-2-45-31-32-27-13-8-12-26(30(40)46-18-7-3-4-9-23(48-39(43)44)20-47-38(41)42)28(27)37(31)19-21-14-16-22(17-15-21)24-10-5-6-11-25(24)29-33-35-36-34-29/h5-6,8,10-17,23H,2-4,7,9,18-20H2,1H3,(H,33,34,35,36)/t23-/m1/s1. The first-order chi connectivity index (χ1) is 23.3. The summed E-state index contributed by atoms with van der Waals surface area (Å²) in [5.41, 5.74) is 5.18. The molecule has 5 rings (SSSR count). The van der Waals surface area contributed by atoms with Crippen LogP contribution in [0.15, 0.2) is 66.7 Å². The molecule has 0 unspecified atom stereocenters. The molecule has 0 saturated heterocycles. The van der Waals surface area contributed by atoms with Crippen LogP contribution in [-0.4, -0.2) is 72.2 Å². The molecule has 1 atom stereocenters. The van der Waals surface area contributed by atoms with Gasteiger partial charge in [0.1, 0.15) is 12.7 Å². The van der Waals surface area contributed by atoms with Gasteiger partial charge in [-0.3, -0.25) is 4.57 Å². The second-order valence-corrected chi connectivity index (χ2v) is 10.5. The van der Waals surface area contributed by atoms with Crippen molar-refractivity contribution < 1.29 is 34.1 Å². The van der Waals surface area contributed by atoms with Crippen LogP contribution in [0.1, 0.15) is 48.5 Å². The van der Waals surface area contributed by atoms with Crippen molar-refractivity contribution in [2.24, 2.45) is 0 Å². The van der Waals surface area contributed by atoms with Crippen LogP contribution in [-0.2, 0) is 21.0 Å². The molecule has 0 aliphatic rings. The fourth-order valence-corrected chi connectivity index (χ4v) is 5.22. The third-order valence-corrected chi connectivity index (χ3v) is 7.35. The number of nitrogens with one attached hydrogen (secondary N) is 1. The van der Waals surface area contributed by atoms with E-state index in [9.17, 15) is 25.0 Å². The first kappa shape index (κ1) is 33.2. The van der Waals surface area contributed by atoms with Gasteiger partial charge in [0.05, 0.1) is 36.4 Å². The highest BCUT2D eigenvalue weighted by atomic mass is 17.0. The van der Waals surface area contributed by atoms with Crippen LogP contribution in [0.4, 0.5) is 0 Å². The van der Waals surface area contributed by atoms with Gasteiger partial charge in [0.15, 0.2) is 0 Å². The van der Waals surface area contributed by atoms with Crippen LogP contribution in [0.25, 0.3) is 33.5 Å². The summed E-state index contributed by atoms with van der Waals surface area (Å²) in [5.74, 6) is -0.0382. The second-order valence-electron chi connectivity index (χ2n) is 10.5. The van der Waals surface area contributed by atoms with Gasteiger partial charge in [-0.05, 0) is 60.2 Å². The zero-order chi connectivity index (χ0) is 33.9. The van der Waals surface area contributed by atoms with Gasteiger partial charge in [-0.25, -0.2) is 4.79 Å². The molecule has 0 aliphatic carbocycles. The van der Waals surface area contributed by atoms with Crippen molar-refractivity contribution in [3.05, 3.63) is 98.1 Å². The second kappa shape index (κ2) is 15.9. The summed E-state index contributed by atoms with van der Waals surface area (Å²) in [4.78, 5) is 47.6. The van der Waals surface area contributed by atoms with Gasteiger partial charge in [0.2, 0.25) is 5.82 Å². The highest BCUT2D eigenvalue weighted by Crippen LogP contribution is 2.31. The predicted octanol–water partition coefficient (Wildman–Crippen LogP) is 4.83. The normalized spacial score (nSPS) is 11.6. The van der Waals surface area contributed by atoms with E-state index >= 15 is 0 Å². The van der Waals surface area contributed by atoms with Gasteiger partial charge < -0.3 is 19.1 Å². The van der Waals surface area contributed by atoms with Gasteiger partial charge in [0, 0.05) is 5.56 Å². The maximum absolute atomic E-state index is 13.3. The number of H-pyrrole nitrogens is 1. The molecule has 0 fully saturated rings. The molecule has 5 aromatic rings. The van der Waals surface area contributed by atoms with E-state index in [1.165, 1.54) is 0 Å². The lowest BCUT2D eigenvalue weighted by molar-refractivity contribution is -0.790. The quantitative estimate of drug-likeness (QED) is 0.0578. The molecule has 0 aliphatic heterocycles. The molecule has 0 spiro atoms. The Morgan fingerprint density at radius 2 is 1.75 bits per heavy atom. The number of hydrogen-bond donors (Lipinski definition) is 1. The zero-order valence-corrected chi connectivity index (χ0v) is 25.9. The third kappa shape index (κ3) is 8.36. The summed E-state index contributed by atoms with van der Waals surface area (Å²) in [6.45, 7) is 2.15. The van der Waals surface area contributed by atoms with Crippen LogP contribution in [0.5, 0.6) is 6.01 Å². The predicted molar refractivity (Wildman–Crippen MR) is 169 cm³/mol. The minimum Gasteiger partial charge on any atom is -0.465 e. The minimum atomic E-state index is -1.07. The van der Waals surface area contributed by atoms with Crippen molar-refractivity contribution in [3.8, 4) is 28.5 Å². The number of unbranched alkanes of at least 4 members (excludes halogenated alkanes) is 2. The molecule has 1 N–H and O–H groups in total. The molecule has 3 aromatic carbocycles. The Morgan fingerprint density at radius 1 is 0.958 bits per heavy atom. The summed E-state index contributed by atoms with van der Waals surface area (Å²) in [7, 11) is 0. The number of hydrogen-bond acceptors (Lipinski definition) is 13. The summed E-state index contributed by atoms with van der Waals surface area (Å²) < 4.78 is 13.3. The highest BCUT2D eigenvalue weighted by molar-refractivity contribution is 6.02. The van der Waals surface area contributed by atoms with Crippen molar-refractivity contribution in [1.29, 1.82) is 0 Å². The lowest BCUT2D eigenvalue weighted by Gasteiger charge is -2.13. The number of tetrazole rings is 1. The van der Waals surface area contributed by atoms with Crippen LogP contribution in [0.3, 0.4) is 0 Å². The number of ether oxygens (including phenoxy) is 2. The molecule has 17 nitrogen and oxygen atoms in total. The summed E-state index contributed by atoms with van der Waals surface area (Å²) in [6.07, 6.45) is 0.533. The molecular formula is C31H32N8O9. The topological polar surface area (TPSA) is 213 Å². The Bertz CT molecular complexity index is 1840. The molecule has 0 bridgehead atoms. The van der Waals surface area contributed by atoms with Gasteiger partial charge in [-0.15, -0.1) is 30.4 Å². The van der Waals surface area contributed by atoms with Crippen molar-refractivity contribution in [2.45, 2.75) is 45.3 Å². The number of aromatic nitrogens is 6. The number of esters is 1. The first-order valence-electron chi connectivity index (χ1n) is 15.1. The molecule has 0 amide bonds. The van der Waals surface area contributed by atoms with E-state index in [-0.39, 0.29) is 13.0 Å². The molecule has 2 aromatic heterocycles. The van der Waals surface area contributed by atoms with Gasteiger partial charge in [-0.2, -0.15) is 10.2 Å². The van der Waals surface area contributed by atoms with E-state index in [1.54, 1.807) is 18.2 Å². The van der Waals surface area contributed by atoms with E-state index in [2.05, 4.69) is 35.3 Å². The lowest BCUT2D eigenvalue weighted by Crippen LogP contribution is -2.24. The van der Waals surface area contributed by atoms with Crippen LogP contribution in [0, 0.1) is 20.2 Å². The number of carbonyl (C=O) groups is 1. The Morgan fingerprint density at radius 3 is 2.46 bits per heavy atom. The number of benzene rings is 3. The van der Waals surface area contributed by atoms with Gasteiger partial charge in [-0.1, -0.05) is 61.0 Å². The van der Waals surface area contributed by atoms with Crippen molar-refractivity contribution >= 4 is 17.0 Å². The monoisotopic (exact) mass is 660 g/mol. The zero-order valence-electron chi connectivity index (χ0n) is 25.9. The highest BCUT2D eigenvalue weighted by Gasteiger charge is 2.21. The Hall–Kier alpha value is -6.13. The minimum absolute atomic E-state index is 0.0978. The number of imidazole rings is 1. The molecule has 2 heterocycles. The molecule has 250 valence electrons. The fourth-order valence-electron chi connectivity index (χ4n) is 5.22. The van der Waals surface area contributed by atoms with Crippen LogP contribution in [0.2, 0.25) is 0 Å². The van der Waals surface area contributed by atoms with Crippen LogP contribution < -0.4 is 4.74 Å². The molecule has 48 heavy (non-hydrogen) atoms. The van der Waals surface area contributed by atoms with Gasteiger partial charge in [0.25, 0.3) is 16.2 Å². The van der Waals surface area contributed by atoms with Crippen LogP contribution >= 0.6 is 0 Å². The SMILES string of the molecule is CCOc1nc2cccc(C(=O)OCCCCC[C@H](CO[N+](=O)[O-])O[N+](=O)[O-])c2n1Cc1ccc(-c2ccccc2-c2nn[nH]n2)cc1. The average Bonchev–Trinajstić information content (AvgIpc) is 3.74. The van der Waals surface area contributed by atoms with Crippen molar-refractivity contribution in [1.82, 2.24) is 30.2 Å². The van der Waals surface area contributed by atoms with E-state index in [0.717, 1.165) is 22.3 Å². The number of aromatic amines is 1. The fraction of sp³-hybridized carbons (Fsp3) is 0.323. The maximum atomic E-state index is 13.3. The molecule has 0 radical (unpaired) electrons. The Kier molecular flexibility index (Phi) is 11.0. The largest absolute Gasteiger partial charge is 0.465 e. The lowest BCUT2D eigenvalue weighted by atomic mass is 9.98. The Labute approximate surface area is 273 Å². The van der Waals surface area contributed by atoms with E-state index in [0.29, 0.717) is 60.8 Å². The van der Waals surface area contributed by atoms with E-state index in [4.69, 9.17) is 9.47 Å². The number of nitrogens with zero attached hydrogens (tertiary/aromatic N) is 7. The number of fused-ring (bicyclic) bond motifs is 1. The molecular weight excluding hydrogens is 628 g/mol. The summed E-state index contributed by atoms with van der Waals surface area (Å²) >= 11 is 0. The molecule has 0 saturated carbocycles. The first-order valence-corrected chi connectivity index (χ1v) is 15.1. The maximum Gasteiger partial charge on any atom is 0.340 e. The third-order valence-electron chi connectivity index (χ3n) is 7.35. The Balaban J connectivity index is 1.26. The van der Waals surface area contributed by atoms with E-state index < -0.39 is 28.9 Å². The number of carbonyl (C=O) groups excluding carboxylic acids is 1. The number of rotatable bonds is 18. The van der Waals surface area contributed by atoms with E-state index in [1.807, 2.05) is 60.0 Å². The molecule has 17 heteroatoms. The number of para-hydroxylation sites is 1. The van der Waals surface area contributed by atoms with Crippen molar-refractivity contribution in [3.63, 3.8) is 0 Å².